The lowest BCUT2D eigenvalue weighted by molar-refractivity contribution is 0.0442. The van der Waals surface area contributed by atoms with Crippen LogP contribution in [0.25, 0.3) is 0 Å². The van der Waals surface area contributed by atoms with Gasteiger partial charge in [-0.2, -0.15) is 0 Å². The first-order valence-corrected chi connectivity index (χ1v) is 5.94. The molecular weight excluding hydrogens is 212 g/mol. The van der Waals surface area contributed by atoms with Crippen molar-refractivity contribution in [2.24, 2.45) is 5.41 Å². The third-order valence-electron chi connectivity index (χ3n) is 3.17. The molecule has 1 atom stereocenters. The van der Waals surface area contributed by atoms with Crippen LogP contribution in [0.3, 0.4) is 0 Å². The molecule has 0 aliphatic rings. The molecule has 2 heteroatoms. The number of ketones is 1. The van der Waals surface area contributed by atoms with Crippen LogP contribution in [0.2, 0.25) is 0 Å². The van der Waals surface area contributed by atoms with E-state index >= 15 is 0 Å². The van der Waals surface area contributed by atoms with Gasteiger partial charge < -0.3 is 5.11 Å². The maximum absolute atomic E-state index is 12.2. The maximum atomic E-state index is 12.2. The minimum absolute atomic E-state index is 0.182. The molecule has 1 aromatic rings. The van der Waals surface area contributed by atoms with Crippen LogP contribution in [0.1, 0.15) is 47.8 Å². The van der Waals surface area contributed by atoms with Gasteiger partial charge in [-0.15, -0.1) is 0 Å². The zero-order chi connectivity index (χ0) is 13.4. The summed E-state index contributed by atoms with van der Waals surface area (Å²) in [5.74, 6) is -0.182. The van der Waals surface area contributed by atoms with Crippen molar-refractivity contribution in [1.82, 2.24) is 0 Å². The van der Waals surface area contributed by atoms with Gasteiger partial charge in [-0.25, -0.2) is 0 Å². The molecule has 1 N–H and O–H groups in total. The SMILES string of the molecule is Cc1cc(C)c(C(=O)C(O)C(C)(C)C)cc1C. The molecule has 1 rings (SSSR count). The Bertz CT molecular complexity index is 439. The van der Waals surface area contributed by atoms with Crippen molar-refractivity contribution in [3.05, 3.63) is 34.4 Å². The number of rotatable bonds is 2. The molecule has 1 aromatic carbocycles. The Morgan fingerprint density at radius 3 is 2.00 bits per heavy atom. The summed E-state index contributed by atoms with van der Waals surface area (Å²) < 4.78 is 0. The summed E-state index contributed by atoms with van der Waals surface area (Å²) in [6.07, 6.45) is -0.955. The predicted octanol–water partition coefficient (Wildman–Crippen LogP) is 3.20. The number of carbonyl (C=O) groups excluding carboxylic acids is 1. The second kappa shape index (κ2) is 4.61. The number of aryl methyl sites for hydroxylation is 3. The Morgan fingerprint density at radius 2 is 1.53 bits per heavy atom. The number of carbonyl (C=O) groups is 1. The number of Topliss-reactive ketones (excluding diaryl/α,β-unsaturated/α-hetero) is 1. The highest BCUT2D eigenvalue weighted by molar-refractivity contribution is 6.01. The summed E-state index contributed by atoms with van der Waals surface area (Å²) in [6.45, 7) is 11.5. The fourth-order valence-corrected chi connectivity index (χ4v) is 1.77. The Kier molecular flexibility index (Phi) is 3.78. The van der Waals surface area contributed by atoms with Crippen LogP contribution < -0.4 is 0 Å². The third kappa shape index (κ3) is 2.95. The van der Waals surface area contributed by atoms with E-state index in [4.69, 9.17) is 0 Å². The van der Waals surface area contributed by atoms with Gasteiger partial charge in [0.05, 0.1) is 0 Å². The van der Waals surface area contributed by atoms with Gasteiger partial charge in [0.15, 0.2) is 5.78 Å². The second-order valence-electron chi connectivity index (χ2n) is 5.88. The lowest BCUT2D eigenvalue weighted by Crippen LogP contribution is -2.34. The number of aliphatic hydroxyl groups is 1. The number of hydrogen-bond acceptors (Lipinski definition) is 2. The molecule has 0 radical (unpaired) electrons. The van der Waals surface area contributed by atoms with Crippen molar-refractivity contribution in [3.63, 3.8) is 0 Å². The molecule has 0 saturated carbocycles. The minimum Gasteiger partial charge on any atom is -0.384 e. The highest BCUT2D eigenvalue weighted by Gasteiger charge is 2.30. The smallest absolute Gasteiger partial charge is 0.192 e. The van der Waals surface area contributed by atoms with Gasteiger partial charge in [-0.05, 0) is 48.9 Å². The summed E-state index contributed by atoms with van der Waals surface area (Å²) >= 11 is 0. The Morgan fingerprint density at radius 1 is 1.06 bits per heavy atom. The molecule has 94 valence electrons. The van der Waals surface area contributed by atoms with E-state index in [1.165, 1.54) is 5.56 Å². The quantitative estimate of drug-likeness (QED) is 0.798. The number of hydrogen-bond donors (Lipinski definition) is 1. The van der Waals surface area contributed by atoms with E-state index in [2.05, 4.69) is 0 Å². The van der Waals surface area contributed by atoms with E-state index in [1.807, 2.05) is 53.7 Å². The fourth-order valence-electron chi connectivity index (χ4n) is 1.77. The summed E-state index contributed by atoms with van der Waals surface area (Å²) in [5, 5.41) is 10.0. The molecule has 0 bridgehead atoms. The first-order valence-electron chi connectivity index (χ1n) is 5.94. The molecule has 0 aliphatic carbocycles. The molecule has 17 heavy (non-hydrogen) atoms. The standard InChI is InChI=1S/C15H22O2/c1-9-7-11(3)12(8-10(9)2)13(16)14(17)15(4,5)6/h7-8,14,17H,1-6H3. The number of benzene rings is 1. The summed E-state index contributed by atoms with van der Waals surface area (Å²) in [6, 6.07) is 3.87. The highest BCUT2D eigenvalue weighted by Crippen LogP contribution is 2.25. The largest absolute Gasteiger partial charge is 0.384 e. The van der Waals surface area contributed by atoms with Gasteiger partial charge >= 0.3 is 0 Å². The minimum atomic E-state index is -0.955. The fraction of sp³-hybridized carbons (Fsp3) is 0.533. The summed E-state index contributed by atoms with van der Waals surface area (Å²) in [5.41, 5.74) is 3.39. The van der Waals surface area contributed by atoms with Gasteiger partial charge in [-0.1, -0.05) is 26.8 Å². The monoisotopic (exact) mass is 234 g/mol. The normalized spacial score (nSPS) is 13.6. The van der Waals surface area contributed by atoms with Crippen molar-refractivity contribution < 1.29 is 9.90 Å². The zero-order valence-corrected chi connectivity index (χ0v) is 11.6. The van der Waals surface area contributed by atoms with Gasteiger partial charge in [-0.3, -0.25) is 4.79 Å². The molecule has 1 unspecified atom stereocenters. The van der Waals surface area contributed by atoms with Gasteiger partial charge in [0.25, 0.3) is 0 Å². The van der Waals surface area contributed by atoms with E-state index in [0.717, 1.165) is 11.1 Å². The number of aliphatic hydroxyl groups excluding tert-OH is 1. The summed E-state index contributed by atoms with van der Waals surface area (Å²) in [4.78, 5) is 12.2. The van der Waals surface area contributed by atoms with Gasteiger partial charge in [0.1, 0.15) is 6.10 Å². The van der Waals surface area contributed by atoms with Crippen LogP contribution in [-0.4, -0.2) is 17.0 Å². The molecule has 2 nitrogen and oxygen atoms in total. The molecule has 0 aliphatic heterocycles. The Balaban J connectivity index is 3.18. The molecule has 0 heterocycles. The Hall–Kier alpha value is -1.15. The molecule has 0 saturated heterocycles. The van der Waals surface area contributed by atoms with Crippen LogP contribution in [0, 0.1) is 26.2 Å². The van der Waals surface area contributed by atoms with E-state index < -0.39 is 11.5 Å². The van der Waals surface area contributed by atoms with Crippen molar-refractivity contribution in [2.75, 3.05) is 0 Å². The average Bonchev–Trinajstić information content (AvgIpc) is 2.20. The van der Waals surface area contributed by atoms with E-state index in [1.54, 1.807) is 0 Å². The molecule has 0 amide bonds. The lowest BCUT2D eigenvalue weighted by atomic mass is 9.83. The Labute approximate surface area is 104 Å². The van der Waals surface area contributed by atoms with Crippen molar-refractivity contribution in [3.8, 4) is 0 Å². The zero-order valence-electron chi connectivity index (χ0n) is 11.6. The predicted molar refractivity (Wildman–Crippen MR) is 70.4 cm³/mol. The van der Waals surface area contributed by atoms with Crippen molar-refractivity contribution >= 4 is 5.78 Å². The molecular formula is C15H22O2. The van der Waals surface area contributed by atoms with Crippen LogP contribution in [0.4, 0.5) is 0 Å². The third-order valence-corrected chi connectivity index (χ3v) is 3.17. The van der Waals surface area contributed by atoms with Crippen LogP contribution in [0.15, 0.2) is 12.1 Å². The van der Waals surface area contributed by atoms with Crippen molar-refractivity contribution in [2.45, 2.75) is 47.6 Å². The first-order chi connectivity index (χ1) is 7.64. The van der Waals surface area contributed by atoms with E-state index in [9.17, 15) is 9.90 Å². The maximum Gasteiger partial charge on any atom is 0.192 e. The molecule has 0 fully saturated rings. The first kappa shape index (κ1) is 13.9. The highest BCUT2D eigenvalue weighted by atomic mass is 16.3. The lowest BCUT2D eigenvalue weighted by Gasteiger charge is -2.25. The second-order valence-corrected chi connectivity index (χ2v) is 5.88. The van der Waals surface area contributed by atoms with Crippen LogP contribution in [0.5, 0.6) is 0 Å². The van der Waals surface area contributed by atoms with E-state index in [0.29, 0.717) is 5.56 Å². The van der Waals surface area contributed by atoms with Crippen LogP contribution >= 0.6 is 0 Å². The summed E-state index contributed by atoms with van der Waals surface area (Å²) in [7, 11) is 0. The van der Waals surface area contributed by atoms with Crippen LogP contribution in [-0.2, 0) is 0 Å². The average molecular weight is 234 g/mol. The van der Waals surface area contributed by atoms with E-state index in [-0.39, 0.29) is 5.78 Å². The van der Waals surface area contributed by atoms with Gasteiger partial charge in [0, 0.05) is 5.56 Å². The molecule has 0 spiro atoms. The molecule has 0 aromatic heterocycles. The van der Waals surface area contributed by atoms with Gasteiger partial charge in [0.2, 0.25) is 0 Å². The van der Waals surface area contributed by atoms with Crippen molar-refractivity contribution in [1.29, 1.82) is 0 Å². The topological polar surface area (TPSA) is 37.3 Å².